The number of carbonyl (C=O) groups excluding carboxylic acids is 3. The molecule has 0 heterocycles. The molecule has 1 aromatic carbocycles. The highest BCUT2D eigenvalue weighted by atomic mass is 33.3. The molecule has 0 bridgehead atoms. The quantitative estimate of drug-likeness (QED) is 0.213. The first-order valence-electron chi connectivity index (χ1n) is 11.2. The van der Waals surface area contributed by atoms with Gasteiger partial charge in [-0.25, -0.2) is 9.86 Å². The smallest absolute Gasteiger partial charge is 0.338 e. The third-order valence-corrected chi connectivity index (χ3v) is 9.42. The summed E-state index contributed by atoms with van der Waals surface area (Å²) in [6.45, 7) is 12.9. The van der Waals surface area contributed by atoms with Crippen molar-refractivity contribution in [3.8, 4) is 0 Å². The largest absolute Gasteiger partial charge is 0.466 e. The second-order valence-corrected chi connectivity index (χ2v) is 13.6. The van der Waals surface area contributed by atoms with Crippen molar-refractivity contribution in [2.45, 2.75) is 33.6 Å². The second-order valence-electron chi connectivity index (χ2n) is 8.25. The van der Waals surface area contributed by atoms with Gasteiger partial charge in [0.1, 0.15) is 6.61 Å². The van der Waals surface area contributed by atoms with E-state index in [2.05, 4.69) is 35.5 Å². The average Bonchev–Trinajstić information content (AvgIpc) is 2.92. The molecule has 2 atom stereocenters. The van der Waals surface area contributed by atoms with Crippen molar-refractivity contribution in [2.75, 3.05) is 34.0 Å². The molecule has 0 saturated carbocycles. The van der Waals surface area contributed by atoms with Gasteiger partial charge in [-0.05, 0) is 19.1 Å². The number of rotatable bonds is 12. The van der Waals surface area contributed by atoms with Gasteiger partial charge in [-0.3, -0.25) is 14.4 Å². The molecule has 1 aromatic rings. The summed E-state index contributed by atoms with van der Waals surface area (Å²) < 4.78 is 10.1. The van der Waals surface area contributed by atoms with E-state index in [1.807, 2.05) is 6.07 Å². The lowest BCUT2D eigenvalue weighted by atomic mass is 9.88. The van der Waals surface area contributed by atoms with Crippen molar-refractivity contribution in [1.29, 1.82) is 0 Å². The van der Waals surface area contributed by atoms with E-state index in [0.29, 0.717) is 12.2 Å². The SMILES string of the molecule is C=C[C@@](C)(CO)CC(=O)N(C)OC.C=C[C@@](C)(COC(=O)c1ccccc1)CC(=O)OCC.S=S=S=S=S. The Hall–Kier alpha value is -1.87. The maximum atomic E-state index is 11.8. The van der Waals surface area contributed by atoms with Crippen molar-refractivity contribution in [1.82, 2.24) is 5.06 Å². The molecule has 0 aliphatic heterocycles. The molecule has 0 aliphatic carbocycles. The second kappa shape index (κ2) is 22.0. The molecular weight excluding hydrogens is 587 g/mol. The number of carbonyl (C=O) groups is 3. The Bertz CT molecular complexity index is 1010. The summed E-state index contributed by atoms with van der Waals surface area (Å²) in [5.41, 5.74) is -0.712. The summed E-state index contributed by atoms with van der Waals surface area (Å²) in [5, 5.41) is 10.1. The molecule has 0 spiro atoms. The van der Waals surface area contributed by atoms with Gasteiger partial charge < -0.3 is 14.6 Å². The van der Waals surface area contributed by atoms with E-state index in [0.717, 1.165) is 5.06 Å². The number of aliphatic hydroxyl groups is 1. The summed E-state index contributed by atoms with van der Waals surface area (Å²) in [5.74, 6) is -0.924. The first-order chi connectivity index (χ1) is 17.9. The van der Waals surface area contributed by atoms with E-state index in [-0.39, 0.29) is 37.9 Å². The lowest BCUT2D eigenvalue weighted by molar-refractivity contribution is -0.170. The maximum Gasteiger partial charge on any atom is 0.338 e. The van der Waals surface area contributed by atoms with E-state index >= 15 is 0 Å². The van der Waals surface area contributed by atoms with Crippen LogP contribution in [0.1, 0.15) is 44.0 Å². The third kappa shape index (κ3) is 17.6. The van der Waals surface area contributed by atoms with E-state index < -0.39 is 16.8 Å². The fraction of sp³-hybridized carbons (Fsp3) is 0.480. The van der Waals surface area contributed by atoms with Gasteiger partial charge >= 0.3 is 11.9 Å². The predicted molar refractivity (Wildman–Crippen MR) is 163 cm³/mol. The fourth-order valence-electron chi connectivity index (χ4n) is 2.37. The van der Waals surface area contributed by atoms with Crippen LogP contribution in [0, 0.1) is 10.8 Å². The maximum absolute atomic E-state index is 11.8. The van der Waals surface area contributed by atoms with Crippen LogP contribution in [0.5, 0.6) is 0 Å². The molecular formula is C25H37NO7S5. The van der Waals surface area contributed by atoms with Crippen LogP contribution >= 0.6 is 0 Å². The number of hydrogen-bond donors (Lipinski definition) is 1. The number of benzene rings is 1. The van der Waals surface area contributed by atoms with Crippen molar-refractivity contribution >= 4 is 66.9 Å². The topological polar surface area (TPSA) is 102 Å². The predicted octanol–water partition coefficient (Wildman–Crippen LogP) is 3.56. The Morgan fingerprint density at radius 1 is 1.03 bits per heavy atom. The summed E-state index contributed by atoms with van der Waals surface area (Å²) in [4.78, 5) is 39.4. The molecule has 38 heavy (non-hydrogen) atoms. The van der Waals surface area contributed by atoms with E-state index in [1.54, 1.807) is 57.2 Å². The fourth-order valence-corrected chi connectivity index (χ4v) is 5.12. The Balaban J connectivity index is 0. The number of amides is 1. The Labute approximate surface area is 244 Å². The first kappa shape index (κ1) is 38.3. The van der Waals surface area contributed by atoms with Gasteiger partial charge in [0, 0.05) is 73.3 Å². The molecule has 13 heteroatoms. The summed E-state index contributed by atoms with van der Waals surface area (Å²) in [6, 6.07) is 8.72. The zero-order chi connectivity index (χ0) is 29.6. The lowest BCUT2D eigenvalue weighted by Crippen LogP contribution is -2.32. The molecule has 1 amide bonds. The van der Waals surface area contributed by atoms with Crippen LogP contribution in [0.4, 0.5) is 0 Å². The highest BCUT2D eigenvalue weighted by Crippen LogP contribution is 2.24. The Morgan fingerprint density at radius 3 is 1.97 bits per heavy atom. The van der Waals surface area contributed by atoms with Crippen LogP contribution in [-0.4, -0.2) is 62.0 Å². The van der Waals surface area contributed by atoms with Crippen LogP contribution in [0.15, 0.2) is 55.6 Å². The van der Waals surface area contributed by atoms with Crippen LogP contribution in [0.25, 0.3) is 0 Å². The van der Waals surface area contributed by atoms with Gasteiger partial charge in [-0.15, -0.1) is 13.2 Å². The molecule has 8 nitrogen and oxygen atoms in total. The highest BCUT2D eigenvalue weighted by Gasteiger charge is 2.27. The minimum Gasteiger partial charge on any atom is -0.466 e. The van der Waals surface area contributed by atoms with E-state index in [9.17, 15) is 14.4 Å². The summed E-state index contributed by atoms with van der Waals surface area (Å²) in [7, 11) is 6.90. The van der Waals surface area contributed by atoms with Gasteiger partial charge in [0.15, 0.2) is 0 Å². The van der Waals surface area contributed by atoms with Gasteiger partial charge in [-0.1, -0.05) is 44.2 Å². The molecule has 1 N–H and O–H groups in total. The molecule has 214 valence electrons. The number of esters is 2. The normalized spacial score (nSPS) is 12.7. The molecule has 0 saturated heterocycles. The number of hydroxylamine groups is 2. The van der Waals surface area contributed by atoms with Crippen molar-refractivity contribution in [2.24, 2.45) is 10.8 Å². The van der Waals surface area contributed by atoms with Crippen molar-refractivity contribution in [3.05, 3.63) is 61.2 Å². The van der Waals surface area contributed by atoms with Crippen LogP contribution in [0.2, 0.25) is 0 Å². The van der Waals surface area contributed by atoms with Gasteiger partial charge in [-0.2, -0.15) is 0 Å². The Kier molecular flexibility index (Phi) is 22.2. The average molecular weight is 624 g/mol. The number of nitrogens with zero attached hydrogens (tertiary/aromatic N) is 1. The number of aliphatic hydroxyl groups excluding tert-OH is 1. The summed E-state index contributed by atoms with van der Waals surface area (Å²) in [6.07, 6.45) is 3.51. The van der Waals surface area contributed by atoms with Crippen molar-refractivity contribution < 1.29 is 33.8 Å². The van der Waals surface area contributed by atoms with Gasteiger partial charge in [0.25, 0.3) is 0 Å². The highest BCUT2D eigenvalue weighted by molar-refractivity contribution is 8.59. The minimum absolute atomic E-state index is 0.0864. The molecule has 0 fully saturated rings. The van der Waals surface area contributed by atoms with Crippen molar-refractivity contribution in [3.63, 3.8) is 0 Å². The first-order valence-corrected chi connectivity index (χ1v) is 16.6. The minimum atomic E-state index is -0.628. The number of ether oxygens (including phenoxy) is 2. The van der Waals surface area contributed by atoms with Gasteiger partial charge in [0.2, 0.25) is 5.91 Å². The monoisotopic (exact) mass is 623 g/mol. The standard InChI is InChI=1S/C16H20O4.C9H17NO3.S5/c1-4-16(3,11-14(17)19-5-2)12-20-15(18)13-9-7-6-8-10-13;1-5-9(2,7-11)6-8(12)10(3)13-4;1-3-5-4-2/h4,6-10H,1,5,11-12H2,2-3H3;5,11H,1,6-7H2,2-4H3;/t16-;9-;/m11./s1. The van der Waals surface area contributed by atoms with Crippen LogP contribution in [0.3, 0.4) is 0 Å². The molecule has 0 unspecified atom stereocenters. The van der Waals surface area contributed by atoms with Crippen LogP contribution < -0.4 is 0 Å². The zero-order valence-electron chi connectivity index (χ0n) is 22.4. The Morgan fingerprint density at radius 2 is 1.58 bits per heavy atom. The number of hydrogen-bond acceptors (Lipinski definition) is 9. The molecule has 0 radical (unpaired) electrons. The zero-order valence-corrected chi connectivity index (χ0v) is 26.5. The lowest BCUT2D eigenvalue weighted by Gasteiger charge is -2.24. The molecule has 0 aromatic heterocycles. The van der Waals surface area contributed by atoms with Crippen LogP contribution in [-0.2, 0) is 72.9 Å². The van der Waals surface area contributed by atoms with E-state index in [4.69, 9.17) is 19.4 Å². The van der Waals surface area contributed by atoms with E-state index in [1.165, 1.54) is 40.8 Å². The molecule has 1 rings (SSSR count). The molecule has 0 aliphatic rings. The summed E-state index contributed by atoms with van der Waals surface area (Å²) >= 11 is 8.89. The third-order valence-electron chi connectivity index (χ3n) is 4.98. The van der Waals surface area contributed by atoms with Gasteiger partial charge in [0.05, 0.1) is 32.3 Å².